The Morgan fingerprint density at radius 3 is 2.67 bits per heavy atom. The van der Waals surface area contributed by atoms with Gasteiger partial charge in [-0.3, -0.25) is 4.79 Å². The fourth-order valence-corrected chi connectivity index (χ4v) is 5.51. The molecule has 1 aliphatic heterocycles. The maximum absolute atomic E-state index is 11.9. The molecule has 0 aromatic rings. The lowest BCUT2D eigenvalue weighted by Gasteiger charge is -2.57. The molecule has 3 aliphatic rings. The standard InChI is InChI=1S/C18H30O3/c1-11(2)21-18(5)8-6-7-17(4)10-14-13(9-15(17)18)12(3)16(19)20-14/h11-15H,6-10H2,1-5H3/t12-,13+,14-,15+,17+,18+/m0/s1. The van der Waals surface area contributed by atoms with E-state index < -0.39 is 0 Å². The molecule has 3 nitrogen and oxygen atoms in total. The predicted octanol–water partition coefficient (Wildman–Crippen LogP) is 3.95. The summed E-state index contributed by atoms with van der Waals surface area (Å²) in [5, 5.41) is 0. The van der Waals surface area contributed by atoms with Crippen molar-refractivity contribution in [2.24, 2.45) is 23.2 Å². The van der Waals surface area contributed by atoms with E-state index >= 15 is 0 Å². The van der Waals surface area contributed by atoms with Crippen molar-refractivity contribution in [2.75, 3.05) is 0 Å². The van der Waals surface area contributed by atoms with Crippen molar-refractivity contribution < 1.29 is 14.3 Å². The number of rotatable bonds is 2. The Balaban J connectivity index is 1.89. The Hall–Kier alpha value is -0.570. The molecule has 120 valence electrons. The van der Waals surface area contributed by atoms with Gasteiger partial charge < -0.3 is 9.47 Å². The van der Waals surface area contributed by atoms with Gasteiger partial charge in [-0.1, -0.05) is 20.3 Å². The van der Waals surface area contributed by atoms with Gasteiger partial charge in [0.2, 0.25) is 0 Å². The van der Waals surface area contributed by atoms with Crippen LogP contribution < -0.4 is 0 Å². The van der Waals surface area contributed by atoms with Crippen molar-refractivity contribution >= 4 is 5.97 Å². The van der Waals surface area contributed by atoms with E-state index in [9.17, 15) is 4.79 Å². The van der Waals surface area contributed by atoms with E-state index in [2.05, 4.69) is 27.7 Å². The summed E-state index contributed by atoms with van der Waals surface area (Å²) in [7, 11) is 0. The maximum atomic E-state index is 11.9. The SMILES string of the molecule is CC(C)O[C@]1(C)CCC[C@]2(C)C[C@@H]3OC(=O)[C@@H](C)[C@H]3C[C@H]21. The highest BCUT2D eigenvalue weighted by molar-refractivity contribution is 5.74. The Morgan fingerprint density at radius 2 is 2.00 bits per heavy atom. The minimum absolute atomic E-state index is 0.0127. The van der Waals surface area contributed by atoms with Crippen molar-refractivity contribution in [3.8, 4) is 0 Å². The Bertz CT molecular complexity index is 432. The molecule has 0 amide bonds. The highest BCUT2D eigenvalue weighted by Crippen LogP contribution is 2.59. The van der Waals surface area contributed by atoms with Crippen LogP contribution in [0, 0.1) is 23.2 Å². The molecule has 3 rings (SSSR count). The molecule has 3 heteroatoms. The van der Waals surface area contributed by atoms with E-state index in [4.69, 9.17) is 9.47 Å². The second-order valence-corrected chi connectivity index (χ2v) is 8.41. The monoisotopic (exact) mass is 294 g/mol. The summed E-state index contributed by atoms with van der Waals surface area (Å²) < 4.78 is 12.1. The average molecular weight is 294 g/mol. The first kappa shape index (κ1) is 15.3. The van der Waals surface area contributed by atoms with Crippen LogP contribution in [-0.2, 0) is 14.3 Å². The molecule has 6 atom stereocenters. The van der Waals surface area contributed by atoms with Crippen molar-refractivity contribution in [1.29, 1.82) is 0 Å². The highest BCUT2D eigenvalue weighted by Gasteiger charge is 2.58. The number of hydrogen-bond acceptors (Lipinski definition) is 3. The molecule has 21 heavy (non-hydrogen) atoms. The van der Waals surface area contributed by atoms with Crippen LogP contribution in [0.4, 0.5) is 0 Å². The third-order valence-electron chi connectivity index (χ3n) is 6.44. The molecule has 1 saturated heterocycles. The topological polar surface area (TPSA) is 35.5 Å². The largest absolute Gasteiger partial charge is 0.462 e. The number of fused-ring (bicyclic) bond motifs is 2. The van der Waals surface area contributed by atoms with Crippen molar-refractivity contribution in [1.82, 2.24) is 0 Å². The van der Waals surface area contributed by atoms with Crippen LogP contribution in [0.3, 0.4) is 0 Å². The maximum Gasteiger partial charge on any atom is 0.309 e. The van der Waals surface area contributed by atoms with Crippen LogP contribution in [0.2, 0.25) is 0 Å². The first-order valence-electron chi connectivity index (χ1n) is 8.63. The predicted molar refractivity (Wildman–Crippen MR) is 81.8 cm³/mol. The summed E-state index contributed by atoms with van der Waals surface area (Å²) in [6.07, 6.45) is 6.11. The minimum atomic E-state index is -0.0442. The first-order valence-corrected chi connectivity index (χ1v) is 8.63. The molecular formula is C18H30O3. The number of carbonyl (C=O) groups excluding carboxylic acids is 1. The zero-order valence-electron chi connectivity index (χ0n) is 14.1. The minimum Gasteiger partial charge on any atom is -0.462 e. The molecular weight excluding hydrogens is 264 g/mol. The molecule has 0 bridgehead atoms. The molecule has 0 N–H and O–H groups in total. The van der Waals surface area contributed by atoms with Crippen molar-refractivity contribution in [2.45, 2.75) is 84.5 Å². The van der Waals surface area contributed by atoms with Gasteiger partial charge in [0.1, 0.15) is 6.10 Å². The summed E-state index contributed by atoms with van der Waals surface area (Å²) in [4.78, 5) is 11.9. The quantitative estimate of drug-likeness (QED) is 0.723. The molecule has 2 saturated carbocycles. The van der Waals surface area contributed by atoms with Gasteiger partial charge in [0.25, 0.3) is 0 Å². The van der Waals surface area contributed by atoms with Gasteiger partial charge in [-0.25, -0.2) is 0 Å². The van der Waals surface area contributed by atoms with Crippen molar-refractivity contribution in [3.05, 3.63) is 0 Å². The highest BCUT2D eigenvalue weighted by atomic mass is 16.6. The van der Waals surface area contributed by atoms with E-state index in [1.807, 2.05) is 6.92 Å². The number of carbonyl (C=O) groups is 1. The molecule has 0 radical (unpaired) electrons. The molecule has 1 heterocycles. The smallest absolute Gasteiger partial charge is 0.309 e. The second-order valence-electron chi connectivity index (χ2n) is 8.41. The molecule has 0 spiro atoms. The van der Waals surface area contributed by atoms with Gasteiger partial charge in [-0.15, -0.1) is 0 Å². The molecule has 3 fully saturated rings. The van der Waals surface area contributed by atoms with Gasteiger partial charge >= 0.3 is 5.97 Å². The lowest BCUT2D eigenvalue weighted by Crippen LogP contribution is -2.56. The van der Waals surface area contributed by atoms with E-state index in [0.29, 0.717) is 11.8 Å². The summed E-state index contributed by atoms with van der Waals surface area (Å²) in [5.41, 5.74) is 0.213. The number of ether oxygens (including phenoxy) is 2. The Morgan fingerprint density at radius 1 is 1.29 bits per heavy atom. The van der Waals surface area contributed by atoms with Gasteiger partial charge in [0.15, 0.2) is 0 Å². The van der Waals surface area contributed by atoms with Gasteiger partial charge in [-0.05, 0) is 57.8 Å². The van der Waals surface area contributed by atoms with Crippen LogP contribution in [0.1, 0.15) is 66.7 Å². The number of esters is 1. The van der Waals surface area contributed by atoms with Gasteiger partial charge in [0, 0.05) is 5.92 Å². The second kappa shape index (κ2) is 4.97. The Labute approximate surface area is 128 Å². The summed E-state index contributed by atoms with van der Waals surface area (Å²) in [5.74, 6) is 1.01. The van der Waals surface area contributed by atoms with Crippen LogP contribution in [0.25, 0.3) is 0 Å². The normalized spacial score (nSPS) is 49.7. The third kappa shape index (κ3) is 2.42. The van der Waals surface area contributed by atoms with E-state index in [0.717, 1.165) is 19.3 Å². The van der Waals surface area contributed by atoms with Gasteiger partial charge in [0.05, 0.1) is 17.6 Å². The Kier molecular flexibility index (Phi) is 3.63. The van der Waals surface area contributed by atoms with Crippen LogP contribution in [0.5, 0.6) is 0 Å². The first-order chi connectivity index (χ1) is 9.75. The average Bonchev–Trinajstić information content (AvgIpc) is 2.61. The van der Waals surface area contributed by atoms with E-state index in [1.165, 1.54) is 12.8 Å². The molecule has 0 aromatic carbocycles. The zero-order valence-corrected chi connectivity index (χ0v) is 14.1. The lowest BCUT2D eigenvalue weighted by atomic mass is 9.52. The summed E-state index contributed by atoms with van der Waals surface area (Å²) in [6.45, 7) is 11.0. The fraction of sp³-hybridized carbons (Fsp3) is 0.944. The summed E-state index contributed by atoms with van der Waals surface area (Å²) in [6, 6.07) is 0. The molecule has 0 unspecified atom stereocenters. The van der Waals surface area contributed by atoms with Crippen molar-refractivity contribution in [3.63, 3.8) is 0 Å². The van der Waals surface area contributed by atoms with Crippen LogP contribution in [-0.4, -0.2) is 23.8 Å². The number of hydrogen-bond donors (Lipinski definition) is 0. The fourth-order valence-electron chi connectivity index (χ4n) is 5.51. The van der Waals surface area contributed by atoms with Gasteiger partial charge in [-0.2, -0.15) is 0 Å². The third-order valence-corrected chi connectivity index (χ3v) is 6.44. The van der Waals surface area contributed by atoms with E-state index in [-0.39, 0.29) is 35.1 Å². The summed E-state index contributed by atoms with van der Waals surface area (Å²) >= 11 is 0. The zero-order chi connectivity index (χ0) is 15.4. The van der Waals surface area contributed by atoms with Crippen LogP contribution in [0.15, 0.2) is 0 Å². The van der Waals surface area contributed by atoms with Crippen LogP contribution >= 0.6 is 0 Å². The van der Waals surface area contributed by atoms with E-state index in [1.54, 1.807) is 0 Å². The lowest BCUT2D eigenvalue weighted by molar-refractivity contribution is -0.189. The molecule has 2 aliphatic carbocycles. The molecule has 0 aromatic heterocycles.